The number of carbonyl (C=O) groups excluding carboxylic acids is 1. The Morgan fingerprint density at radius 1 is 1.00 bits per heavy atom. The molecule has 0 aliphatic heterocycles. The molecule has 0 saturated carbocycles. The molecule has 0 saturated heterocycles. The lowest BCUT2D eigenvalue weighted by Crippen LogP contribution is -2.38. The van der Waals surface area contributed by atoms with E-state index in [4.69, 9.17) is 25.8 Å². The van der Waals surface area contributed by atoms with Gasteiger partial charge in [0.1, 0.15) is 40.6 Å². The van der Waals surface area contributed by atoms with Crippen molar-refractivity contribution in [2.45, 2.75) is 18.1 Å². The number of methoxy groups -OCH3 is 2. The molecule has 0 unspecified atom stereocenters. The quantitative estimate of drug-likeness (QED) is 0.310. The second-order valence-corrected chi connectivity index (χ2v) is 7.95. The van der Waals surface area contributed by atoms with Crippen LogP contribution in [0.3, 0.4) is 0 Å². The van der Waals surface area contributed by atoms with E-state index >= 15 is 0 Å². The van der Waals surface area contributed by atoms with E-state index in [-0.39, 0.29) is 0 Å². The van der Waals surface area contributed by atoms with Gasteiger partial charge in [-0.2, -0.15) is 4.39 Å². The highest BCUT2D eigenvalue weighted by Crippen LogP contribution is 2.47. The molecule has 0 atom stereocenters. The molecule has 0 heterocycles. The van der Waals surface area contributed by atoms with Crippen molar-refractivity contribution in [3.8, 4) is 28.7 Å². The Labute approximate surface area is 197 Å². The first-order chi connectivity index (χ1) is 15.6. The molecule has 2 aromatic rings. The van der Waals surface area contributed by atoms with Crippen molar-refractivity contribution in [1.29, 1.82) is 0 Å². The first kappa shape index (κ1) is 27.4. The fraction of sp³-hybridized carbons (Fsp3) is 0.278. The van der Waals surface area contributed by atoms with Crippen LogP contribution in [0.2, 0.25) is 5.02 Å². The van der Waals surface area contributed by atoms with Gasteiger partial charge in [-0.05, 0) is 12.1 Å². The Bertz CT molecular complexity index is 1080. The zero-order valence-electron chi connectivity index (χ0n) is 18.4. The van der Waals surface area contributed by atoms with Crippen LogP contribution >= 0.6 is 11.6 Å². The van der Waals surface area contributed by atoms with Gasteiger partial charge in [-0.1, -0.05) is 11.6 Å². The molecule has 182 valence electrons. The third kappa shape index (κ3) is 6.40. The SMILES string of the molecule is BC(B)(B)Oc1c(Oc2cc(Cl)c(C(F)F)c(OC)c2C(=O)OC)ccc(OC(F)(F)F)c1F. The zero-order chi connectivity index (χ0) is 26.0. The van der Waals surface area contributed by atoms with Crippen LogP contribution in [0.15, 0.2) is 18.2 Å². The van der Waals surface area contributed by atoms with Crippen LogP contribution in [0.4, 0.5) is 26.3 Å². The van der Waals surface area contributed by atoms with Gasteiger partial charge in [0.15, 0.2) is 17.2 Å². The third-order valence-corrected chi connectivity index (χ3v) is 4.24. The van der Waals surface area contributed by atoms with E-state index in [9.17, 15) is 31.1 Å². The van der Waals surface area contributed by atoms with Crippen LogP contribution in [-0.2, 0) is 4.74 Å². The average molecular weight is 510 g/mol. The van der Waals surface area contributed by atoms with Crippen LogP contribution in [0.1, 0.15) is 22.3 Å². The number of ether oxygens (including phenoxy) is 5. The van der Waals surface area contributed by atoms with E-state index < -0.39 is 74.8 Å². The minimum absolute atomic E-state index is 0.513. The fourth-order valence-electron chi connectivity index (χ4n) is 2.74. The molecule has 0 aromatic heterocycles. The van der Waals surface area contributed by atoms with E-state index in [2.05, 4.69) is 9.47 Å². The van der Waals surface area contributed by atoms with Gasteiger partial charge in [0, 0.05) is 11.4 Å². The van der Waals surface area contributed by atoms with E-state index in [0.717, 1.165) is 26.4 Å². The minimum atomic E-state index is -5.20. The van der Waals surface area contributed by atoms with Gasteiger partial charge in [0.05, 0.1) is 24.8 Å². The summed E-state index contributed by atoms with van der Waals surface area (Å²) >= 11 is 5.93. The highest BCUT2D eigenvalue weighted by atomic mass is 35.5. The molecule has 0 aliphatic carbocycles. The Kier molecular flexibility index (Phi) is 8.23. The smallest absolute Gasteiger partial charge is 0.508 e. The largest absolute Gasteiger partial charge is 0.573 e. The lowest BCUT2D eigenvalue weighted by molar-refractivity contribution is -0.275. The van der Waals surface area contributed by atoms with E-state index in [1.165, 1.54) is 23.5 Å². The molecule has 2 aromatic carbocycles. The Morgan fingerprint density at radius 2 is 1.59 bits per heavy atom. The first-order valence-electron chi connectivity index (χ1n) is 9.31. The van der Waals surface area contributed by atoms with Crippen molar-refractivity contribution in [2.75, 3.05) is 14.2 Å². The molecule has 2 rings (SSSR count). The molecule has 16 heteroatoms. The van der Waals surface area contributed by atoms with Crippen LogP contribution in [0.25, 0.3) is 0 Å². The molecule has 0 N–H and O–H groups in total. The normalized spacial score (nSPS) is 11.8. The maximum absolute atomic E-state index is 14.9. The van der Waals surface area contributed by atoms with Crippen molar-refractivity contribution in [1.82, 2.24) is 0 Å². The van der Waals surface area contributed by atoms with Crippen molar-refractivity contribution in [3.05, 3.63) is 40.2 Å². The molecule has 0 amide bonds. The van der Waals surface area contributed by atoms with Crippen molar-refractivity contribution in [3.63, 3.8) is 0 Å². The Morgan fingerprint density at radius 3 is 2.06 bits per heavy atom. The molecule has 34 heavy (non-hydrogen) atoms. The summed E-state index contributed by atoms with van der Waals surface area (Å²) in [5.41, 5.74) is -1.45. The molecule has 0 radical (unpaired) electrons. The summed E-state index contributed by atoms with van der Waals surface area (Å²) in [5, 5.41) is -1.69. The number of benzene rings is 2. The molecular formula is C18H16B3ClF6O6. The summed E-state index contributed by atoms with van der Waals surface area (Å²) in [6.45, 7) is 0. The molecule has 6 nitrogen and oxygen atoms in total. The predicted molar refractivity (Wildman–Crippen MR) is 116 cm³/mol. The molecule has 0 fully saturated rings. The lowest BCUT2D eigenvalue weighted by atomic mass is 9.52. The maximum Gasteiger partial charge on any atom is 0.573 e. The summed E-state index contributed by atoms with van der Waals surface area (Å²) in [7, 11) is 6.38. The lowest BCUT2D eigenvalue weighted by Gasteiger charge is -2.25. The molecule has 0 bridgehead atoms. The average Bonchev–Trinajstić information content (AvgIpc) is 2.69. The summed E-state index contributed by atoms with van der Waals surface area (Å²) < 4.78 is 104. The highest BCUT2D eigenvalue weighted by Gasteiger charge is 2.35. The molecule has 0 aliphatic rings. The van der Waals surface area contributed by atoms with Gasteiger partial charge in [0.25, 0.3) is 6.43 Å². The van der Waals surface area contributed by atoms with Crippen LogP contribution < -0.4 is 18.9 Å². The number of halogens is 7. The van der Waals surface area contributed by atoms with Gasteiger partial charge in [-0.25, -0.2) is 13.6 Å². The van der Waals surface area contributed by atoms with E-state index in [1.807, 2.05) is 0 Å². The number of hydrogen-bond acceptors (Lipinski definition) is 6. The standard InChI is InChI=1S/C18H16B3ClF6O6/c1-30-14-10(15(24)25)6(22)5-9(11(14)16(29)31-2)32-8-4-3-7(33-18(26,27)28)12(23)13(8)34-17(19,20)21/h3-5,15H,19-21H2,1-2H3. The van der Waals surface area contributed by atoms with Crippen molar-refractivity contribution >= 4 is 41.1 Å². The van der Waals surface area contributed by atoms with E-state index in [0.29, 0.717) is 6.07 Å². The Balaban J connectivity index is 2.75. The summed E-state index contributed by atoms with van der Waals surface area (Å²) in [4.78, 5) is 12.4. The zero-order valence-corrected chi connectivity index (χ0v) is 19.2. The van der Waals surface area contributed by atoms with Crippen LogP contribution in [0, 0.1) is 5.82 Å². The topological polar surface area (TPSA) is 63.2 Å². The maximum atomic E-state index is 14.9. The molecular weight excluding hydrogens is 494 g/mol. The van der Waals surface area contributed by atoms with Crippen molar-refractivity contribution in [2.24, 2.45) is 0 Å². The number of alkyl halides is 5. The highest BCUT2D eigenvalue weighted by molar-refractivity contribution is 6.58. The van der Waals surface area contributed by atoms with Gasteiger partial charge in [0.2, 0.25) is 5.82 Å². The van der Waals surface area contributed by atoms with Crippen LogP contribution in [0.5, 0.6) is 28.7 Å². The second kappa shape index (κ2) is 10.2. The number of rotatable bonds is 8. The first-order valence-corrected chi connectivity index (χ1v) is 9.69. The predicted octanol–water partition coefficient (Wildman–Crippen LogP) is 2.79. The van der Waals surface area contributed by atoms with E-state index in [1.54, 1.807) is 0 Å². The van der Waals surface area contributed by atoms with Gasteiger partial charge < -0.3 is 23.7 Å². The molecule has 0 spiro atoms. The van der Waals surface area contributed by atoms with Gasteiger partial charge in [-0.3, -0.25) is 0 Å². The van der Waals surface area contributed by atoms with Crippen LogP contribution in [-0.4, -0.2) is 55.4 Å². The summed E-state index contributed by atoms with van der Waals surface area (Å²) in [6.07, 6.45) is -8.36. The van der Waals surface area contributed by atoms with Gasteiger partial charge >= 0.3 is 12.3 Å². The summed E-state index contributed by atoms with van der Waals surface area (Å²) in [5.74, 6) is -6.45. The summed E-state index contributed by atoms with van der Waals surface area (Å²) in [6, 6.07) is 2.31. The van der Waals surface area contributed by atoms with Crippen molar-refractivity contribution < 1.29 is 54.8 Å². The second-order valence-electron chi connectivity index (χ2n) is 7.54. The minimum Gasteiger partial charge on any atom is -0.508 e. The monoisotopic (exact) mass is 510 g/mol. The van der Waals surface area contributed by atoms with Gasteiger partial charge in [-0.15, -0.1) is 13.2 Å². The number of esters is 1. The third-order valence-electron chi connectivity index (χ3n) is 3.92. The number of carbonyl (C=O) groups is 1. The Hall–Kier alpha value is -2.83. The fourth-order valence-corrected chi connectivity index (χ4v) is 3.00. The number of hydrogen-bond donors (Lipinski definition) is 0.